The van der Waals surface area contributed by atoms with Crippen LogP contribution in [-0.4, -0.2) is 29.7 Å². The van der Waals surface area contributed by atoms with E-state index in [0.29, 0.717) is 31.5 Å². The van der Waals surface area contributed by atoms with Crippen molar-refractivity contribution in [3.63, 3.8) is 0 Å². The van der Waals surface area contributed by atoms with E-state index in [1.807, 2.05) is 26.0 Å². The van der Waals surface area contributed by atoms with Gasteiger partial charge in [0.1, 0.15) is 12.4 Å². The van der Waals surface area contributed by atoms with Gasteiger partial charge in [-0.3, -0.25) is 0 Å². The van der Waals surface area contributed by atoms with Crippen LogP contribution >= 0.6 is 0 Å². The van der Waals surface area contributed by atoms with Crippen LogP contribution in [0.4, 0.5) is 5.82 Å². The Labute approximate surface area is 115 Å². The lowest BCUT2D eigenvalue weighted by molar-refractivity contribution is 0.127. The summed E-state index contributed by atoms with van der Waals surface area (Å²) in [7, 11) is 0. The van der Waals surface area contributed by atoms with Crippen LogP contribution < -0.4 is 10.1 Å². The molecular weight excluding hydrogens is 242 g/mol. The first kappa shape index (κ1) is 15.4. The second-order valence-corrected chi connectivity index (χ2v) is 3.95. The lowest BCUT2D eigenvalue weighted by atomic mass is 10.3. The number of nitrogens with zero attached hydrogens (tertiary/aromatic N) is 2. The van der Waals surface area contributed by atoms with E-state index in [2.05, 4.69) is 21.9 Å². The summed E-state index contributed by atoms with van der Waals surface area (Å²) in [5, 5.41) is 3.16. The van der Waals surface area contributed by atoms with E-state index < -0.39 is 0 Å². The molecule has 0 atom stereocenters. The molecule has 0 fully saturated rings. The molecule has 0 aliphatic heterocycles. The van der Waals surface area contributed by atoms with Crippen molar-refractivity contribution in [2.24, 2.45) is 0 Å². The van der Waals surface area contributed by atoms with E-state index in [1.54, 1.807) is 0 Å². The summed E-state index contributed by atoms with van der Waals surface area (Å²) < 4.78 is 11.0. The zero-order valence-corrected chi connectivity index (χ0v) is 11.8. The van der Waals surface area contributed by atoms with Gasteiger partial charge in [-0.2, -0.15) is 4.98 Å². The van der Waals surface area contributed by atoms with Crippen LogP contribution in [0.5, 0.6) is 5.88 Å². The van der Waals surface area contributed by atoms with Crippen LogP contribution in [-0.2, 0) is 11.3 Å². The number of hydrogen-bond acceptors (Lipinski definition) is 5. The highest BCUT2D eigenvalue weighted by Gasteiger charge is 2.05. The predicted octanol–water partition coefficient (Wildman–Crippen LogP) is 2.79. The first-order valence-electron chi connectivity index (χ1n) is 6.73. The summed E-state index contributed by atoms with van der Waals surface area (Å²) in [5.41, 5.74) is 0. The van der Waals surface area contributed by atoms with Crippen molar-refractivity contribution in [2.45, 2.75) is 33.3 Å². The number of hydrogen-bond donors (Lipinski definition) is 1. The third-order valence-corrected chi connectivity index (χ3v) is 2.34. The number of aromatic nitrogens is 2. The highest BCUT2D eigenvalue weighted by atomic mass is 16.5. The largest absolute Gasteiger partial charge is 0.478 e. The van der Waals surface area contributed by atoms with Gasteiger partial charge in [0, 0.05) is 19.2 Å². The quantitative estimate of drug-likeness (QED) is 0.521. The first-order valence-corrected chi connectivity index (χ1v) is 6.73. The van der Waals surface area contributed by atoms with E-state index in [-0.39, 0.29) is 0 Å². The molecular formula is C14H23N3O2. The van der Waals surface area contributed by atoms with E-state index in [4.69, 9.17) is 9.47 Å². The third kappa shape index (κ3) is 6.20. The summed E-state index contributed by atoms with van der Waals surface area (Å²) in [6.45, 7) is 10.1. The molecule has 1 rings (SSSR count). The summed E-state index contributed by atoms with van der Waals surface area (Å²) in [5.74, 6) is 2.00. The second-order valence-electron chi connectivity index (χ2n) is 3.95. The molecule has 19 heavy (non-hydrogen) atoms. The molecule has 0 spiro atoms. The van der Waals surface area contributed by atoms with Crippen molar-refractivity contribution in [1.82, 2.24) is 9.97 Å². The van der Waals surface area contributed by atoms with E-state index in [9.17, 15) is 0 Å². The van der Waals surface area contributed by atoms with Crippen LogP contribution in [0, 0.1) is 0 Å². The van der Waals surface area contributed by atoms with E-state index in [0.717, 1.165) is 25.2 Å². The molecule has 1 heterocycles. The van der Waals surface area contributed by atoms with Gasteiger partial charge in [-0.25, -0.2) is 4.98 Å². The number of allylic oxidation sites excluding steroid dienone is 1. The van der Waals surface area contributed by atoms with Crippen LogP contribution in [0.1, 0.15) is 32.5 Å². The van der Waals surface area contributed by atoms with E-state index >= 15 is 0 Å². The molecule has 106 valence electrons. The minimum atomic E-state index is 0.402. The number of ether oxygens (including phenoxy) is 2. The Morgan fingerprint density at radius 2 is 2.21 bits per heavy atom. The van der Waals surface area contributed by atoms with Gasteiger partial charge in [-0.05, 0) is 26.7 Å². The van der Waals surface area contributed by atoms with Gasteiger partial charge in [0.25, 0.3) is 0 Å². The maximum absolute atomic E-state index is 5.62. The van der Waals surface area contributed by atoms with Gasteiger partial charge in [-0.15, -0.1) is 6.58 Å². The molecule has 0 saturated heterocycles. The van der Waals surface area contributed by atoms with Crippen molar-refractivity contribution in [3.05, 3.63) is 24.5 Å². The highest BCUT2D eigenvalue weighted by molar-refractivity contribution is 5.38. The lowest BCUT2D eigenvalue weighted by Crippen LogP contribution is -2.08. The fourth-order valence-electron chi connectivity index (χ4n) is 1.48. The molecule has 1 aromatic heterocycles. The molecule has 0 unspecified atom stereocenters. The molecule has 1 N–H and O–H groups in total. The molecule has 0 radical (unpaired) electrons. The minimum Gasteiger partial charge on any atom is -0.478 e. The molecule has 0 aromatic carbocycles. The number of anilines is 1. The van der Waals surface area contributed by atoms with Crippen molar-refractivity contribution in [3.8, 4) is 5.88 Å². The molecule has 0 amide bonds. The van der Waals surface area contributed by atoms with Gasteiger partial charge >= 0.3 is 0 Å². The van der Waals surface area contributed by atoms with E-state index in [1.165, 1.54) is 0 Å². The normalized spacial score (nSPS) is 10.2. The van der Waals surface area contributed by atoms with Crippen LogP contribution in [0.3, 0.4) is 0 Å². The SMILES string of the molecule is C=CCCCOc1cc(NCC)nc(COCC)n1. The molecule has 1 aromatic rings. The fourth-order valence-corrected chi connectivity index (χ4v) is 1.48. The maximum atomic E-state index is 5.62. The Hall–Kier alpha value is -1.62. The number of nitrogens with one attached hydrogen (secondary N) is 1. The molecule has 5 nitrogen and oxygen atoms in total. The Bertz CT molecular complexity index is 383. The van der Waals surface area contributed by atoms with Crippen LogP contribution in [0.15, 0.2) is 18.7 Å². The standard InChI is InChI=1S/C14H23N3O2/c1-4-7-8-9-19-14-10-12(15-5-2)16-13(17-14)11-18-6-3/h4,10H,1,5-9,11H2,2-3H3,(H,15,16,17). The Morgan fingerprint density at radius 3 is 2.89 bits per heavy atom. The Balaban J connectivity index is 2.65. The molecule has 0 bridgehead atoms. The average Bonchev–Trinajstić information content (AvgIpc) is 2.42. The van der Waals surface area contributed by atoms with Crippen LogP contribution in [0.25, 0.3) is 0 Å². The fraction of sp³-hybridized carbons (Fsp3) is 0.571. The topological polar surface area (TPSA) is 56.3 Å². The van der Waals surface area contributed by atoms with Gasteiger partial charge in [-0.1, -0.05) is 6.08 Å². The zero-order valence-electron chi connectivity index (χ0n) is 11.8. The average molecular weight is 265 g/mol. The lowest BCUT2D eigenvalue weighted by Gasteiger charge is -2.10. The summed E-state index contributed by atoms with van der Waals surface area (Å²) >= 11 is 0. The monoisotopic (exact) mass is 265 g/mol. The van der Waals surface area contributed by atoms with Gasteiger partial charge < -0.3 is 14.8 Å². The Morgan fingerprint density at radius 1 is 1.37 bits per heavy atom. The maximum Gasteiger partial charge on any atom is 0.218 e. The Kier molecular flexibility index (Phi) is 7.58. The van der Waals surface area contributed by atoms with Crippen molar-refractivity contribution >= 4 is 5.82 Å². The predicted molar refractivity (Wildman–Crippen MR) is 76.5 cm³/mol. The summed E-state index contributed by atoms with van der Waals surface area (Å²) in [6, 6.07) is 1.81. The minimum absolute atomic E-state index is 0.402. The van der Waals surface area contributed by atoms with Crippen molar-refractivity contribution < 1.29 is 9.47 Å². The van der Waals surface area contributed by atoms with Crippen molar-refractivity contribution in [1.29, 1.82) is 0 Å². The van der Waals surface area contributed by atoms with Gasteiger partial charge in [0.05, 0.1) is 6.61 Å². The number of unbranched alkanes of at least 4 members (excludes halogenated alkanes) is 1. The second kappa shape index (κ2) is 9.33. The summed E-state index contributed by atoms with van der Waals surface area (Å²) in [4.78, 5) is 8.69. The molecule has 0 aliphatic rings. The third-order valence-electron chi connectivity index (χ3n) is 2.34. The van der Waals surface area contributed by atoms with Gasteiger partial charge in [0.2, 0.25) is 5.88 Å². The first-order chi connectivity index (χ1) is 9.30. The molecule has 0 aliphatic carbocycles. The molecule has 5 heteroatoms. The van der Waals surface area contributed by atoms with Gasteiger partial charge in [0.15, 0.2) is 5.82 Å². The highest BCUT2D eigenvalue weighted by Crippen LogP contribution is 2.14. The molecule has 0 saturated carbocycles. The zero-order chi connectivity index (χ0) is 13.9. The van der Waals surface area contributed by atoms with Crippen molar-refractivity contribution in [2.75, 3.05) is 25.1 Å². The smallest absolute Gasteiger partial charge is 0.218 e. The van der Waals surface area contributed by atoms with Crippen LogP contribution in [0.2, 0.25) is 0 Å². The number of rotatable bonds is 10. The summed E-state index contributed by atoms with van der Waals surface area (Å²) in [6.07, 6.45) is 3.76.